The van der Waals surface area contributed by atoms with E-state index in [1.165, 1.54) is 25.9 Å². The van der Waals surface area contributed by atoms with Crippen LogP contribution in [0.15, 0.2) is 24.3 Å². The number of halogens is 1. The van der Waals surface area contributed by atoms with E-state index in [0.29, 0.717) is 5.11 Å². The van der Waals surface area contributed by atoms with Crippen molar-refractivity contribution in [2.24, 2.45) is 5.92 Å². The molecule has 5 heteroatoms. The minimum atomic E-state index is 0.671. The highest BCUT2D eigenvalue weighted by molar-refractivity contribution is 7.80. The van der Waals surface area contributed by atoms with Crippen molar-refractivity contribution >= 4 is 34.6 Å². The zero-order valence-electron chi connectivity index (χ0n) is 12.6. The Morgan fingerprint density at radius 3 is 2.86 bits per heavy atom. The minimum absolute atomic E-state index is 0.671. The van der Waals surface area contributed by atoms with Crippen molar-refractivity contribution in [2.75, 3.05) is 31.5 Å². The predicted octanol–water partition coefficient (Wildman–Crippen LogP) is 3.75. The number of nitrogens with zero attached hydrogens (tertiary/aromatic N) is 1. The van der Waals surface area contributed by atoms with E-state index in [0.717, 1.165) is 36.1 Å². The lowest BCUT2D eigenvalue weighted by molar-refractivity contribution is 0.182. The molecule has 0 spiro atoms. The van der Waals surface area contributed by atoms with Crippen LogP contribution in [0.3, 0.4) is 0 Å². The van der Waals surface area contributed by atoms with Crippen LogP contribution in [0, 0.1) is 5.92 Å². The molecule has 1 aliphatic heterocycles. The van der Waals surface area contributed by atoms with Crippen LogP contribution in [-0.4, -0.2) is 36.2 Å². The minimum Gasteiger partial charge on any atom is -0.362 e. The summed E-state index contributed by atoms with van der Waals surface area (Å²) in [6.45, 7) is 6.89. The molecule has 0 aromatic heterocycles. The van der Waals surface area contributed by atoms with Crippen LogP contribution in [-0.2, 0) is 0 Å². The predicted molar refractivity (Wildman–Crippen MR) is 95.1 cm³/mol. The van der Waals surface area contributed by atoms with Gasteiger partial charge in [0, 0.05) is 23.8 Å². The maximum Gasteiger partial charge on any atom is 0.170 e. The van der Waals surface area contributed by atoms with Crippen LogP contribution in [0.5, 0.6) is 0 Å². The van der Waals surface area contributed by atoms with E-state index in [1.54, 1.807) is 0 Å². The third kappa shape index (κ3) is 6.20. The van der Waals surface area contributed by atoms with Crippen LogP contribution in [0.1, 0.15) is 26.2 Å². The number of anilines is 1. The van der Waals surface area contributed by atoms with Gasteiger partial charge in [-0.3, -0.25) is 0 Å². The summed E-state index contributed by atoms with van der Waals surface area (Å²) in [7, 11) is 0. The van der Waals surface area contributed by atoms with Crippen LogP contribution in [0.2, 0.25) is 5.02 Å². The maximum atomic E-state index is 5.85. The summed E-state index contributed by atoms with van der Waals surface area (Å²) < 4.78 is 0. The molecule has 0 unspecified atom stereocenters. The quantitative estimate of drug-likeness (QED) is 0.637. The maximum absolute atomic E-state index is 5.85. The van der Waals surface area contributed by atoms with E-state index < -0.39 is 0 Å². The lowest BCUT2D eigenvalue weighted by Crippen LogP contribution is -2.37. The van der Waals surface area contributed by atoms with Gasteiger partial charge in [0.2, 0.25) is 0 Å². The molecule has 21 heavy (non-hydrogen) atoms. The summed E-state index contributed by atoms with van der Waals surface area (Å²) in [5, 5.41) is 7.82. The molecule has 1 atom stereocenters. The van der Waals surface area contributed by atoms with Crippen molar-refractivity contribution in [3.63, 3.8) is 0 Å². The lowest BCUT2D eigenvalue weighted by atomic mass is 10.0. The normalized spacial score (nSPS) is 19.2. The molecular formula is C16H24ClN3S. The van der Waals surface area contributed by atoms with Crippen LogP contribution < -0.4 is 10.6 Å². The van der Waals surface area contributed by atoms with Crippen molar-refractivity contribution in [2.45, 2.75) is 26.2 Å². The van der Waals surface area contributed by atoms with Crippen molar-refractivity contribution < 1.29 is 0 Å². The molecule has 0 radical (unpaired) electrons. The molecule has 1 heterocycles. The Balaban J connectivity index is 1.59. The van der Waals surface area contributed by atoms with E-state index in [-0.39, 0.29) is 0 Å². The molecule has 0 aliphatic carbocycles. The molecule has 116 valence electrons. The van der Waals surface area contributed by atoms with E-state index >= 15 is 0 Å². The largest absolute Gasteiger partial charge is 0.362 e. The molecule has 0 amide bonds. The highest BCUT2D eigenvalue weighted by atomic mass is 35.5. The monoisotopic (exact) mass is 325 g/mol. The van der Waals surface area contributed by atoms with Crippen molar-refractivity contribution in [3.8, 4) is 0 Å². The molecule has 0 bridgehead atoms. The molecular weight excluding hydrogens is 302 g/mol. The van der Waals surface area contributed by atoms with E-state index in [9.17, 15) is 0 Å². The van der Waals surface area contributed by atoms with Gasteiger partial charge in [0.05, 0.1) is 0 Å². The molecule has 2 N–H and O–H groups in total. The number of likely N-dealkylation sites (tertiary alicyclic amines) is 1. The fraction of sp³-hybridized carbons (Fsp3) is 0.562. The molecule has 2 rings (SSSR count). The summed E-state index contributed by atoms with van der Waals surface area (Å²) in [5.74, 6) is 0.847. The van der Waals surface area contributed by atoms with Gasteiger partial charge >= 0.3 is 0 Å². The van der Waals surface area contributed by atoms with E-state index in [2.05, 4.69) is 22.5 Å². The van der Waals surface area contributed by atoms with Gasteiger partial charge in [0.1, 0.15) is 0 Å². The highest BCUT2D eigenvalue weighted by Crippen LogP contribution is 2.15. The van der Waals surface area contributed by atoms with Crippen molar-refractivity contribution in [1.82, 2.24) is 10.2 Å². The Morgan fingerprint density at radius 1 is 1.38 bits per heavy atom. The van der Waals surface area contributed by atoms with Gasteiger partial charge in [-0.05, 0) is 74.8 Å². The number of rotatable bonds is 5. The Kier molecular flexibility index (Phi) is 6.74. The van der Waals surface area contributed by atoms with Crippen molar-refractivity contribution in [1.29, 1.82) is 0 Å². The zero-order valence-corrected chi connectivity index (χ0v) is 14.1. The first-order valence-corrected chi connectivity index (χ1v) is 8.45. The number of thiocarbonyl (C=S) groups is 1. The summed E-state index contributed by atoms with van der Waals surface area (Å²) in [6, 6.07) is 7.55. The average Bonchev–Trinajstić information content (AvgIpc) is 2.46. The molecule has 0 saturated carbocycles. The van der Waals surface area contributed by atoms with Crippen LogP contribution >= 0.6 is 23.8 Å². The summed E-state index contributed by atoms with van der Waals surface area (Å²) >= 11 is 11.1. The van der Waals surface area contributed by atoms with Gasteiger partial charge in [0.15, 0.2) is 5.11 Å². The first kappa shape index (κ1) is 16.5. The molecule has 1 aliphatic rings. The van der Waals surface area contributed by atoms with E-state index in [1.807, 2.05) is 24.3 Å². The van der Waals surface area contributed by atoms with Crippen LogP contribution in [0.4, 0.5) is 5.69 Å². The third-order valence-electron chi connectivity index (χ3n) is 3.78. The molecule has 1 fully saturated rings. The lowest BCUT2D eigenvalue weighted by Gasteiger charge is -2.30. The summed E-state index contributed by atoms with van der Waals surface area (Å²) in [6.07, 6.45) is 3.84. The Bertz CT molecular complexity index is 449. The third-order valence-corrected chi connectivity index (χ3v) is 4.28. The van der Waals surface area contributed by atoms with Crippen molar-refractivity contribution in [3.05, 3.63) is 29.3 Å². The van der Waals surface area contributed by atoms with Gasteiger partial charge < -0.3 is 15.5 Å². The number of nitrogens with one attached hydrogen (secondary N) is 2. The molecule has 1 saturated heterocycles. The number of piperidine rings is 1. The van der Waals surface area contributed by atoms with E-state index in [4.69, 9.17) is 23.8 Å². The molecule has 1 aromatic carbocycles. The highest BCUT2D eigenvalue weighted by Gasteiger charge is 2.15. The SMILES string of the molecule is C[C@@H]1CCCN(CCCNC(=S)Nc2ccc(Cl)cc2)C1. The number of hydrogen-bond donors (Lipinski definition) is 2. The fourth-order valence-corrected chi connectivity index (χ4v) is 3.05. The fourth-order valence-electron chi connectivity index (χ4n) is 2.70. The topological polar surface area (TPSA) is 27.3 Å². The standard InChI is InChI=1S/C16H24ClN3S/c1-13-4-2-10-20(12-13)11-3-9-18-16(21)19-15-7-5-14(17)6-8-15/h5-8,13H,2-4,9-12H2,1H3,(H2,18,19,21)/t13-/m1/s1. The molecule has 1 aromatic rings. The first-order valence-electron chi connectivity index (χ1n) is 7.66. The van der Waals surface area contributed by atoms with Crippen LogP contribution in [0.25, 0.3) is 0 Å². The second-order valence-electron chi connectivity index (χ2n) is 5.79. The second kappa shape index (κ2) is 8.57. The van der Waals surface area contributed by atoms with Gasteiger partial charge in [-0.2, -0.15) is 0 Å². The van der Waals surface area contributed by atoms with Gasteiger partial charge in [-0.15, -0.1) is 0 Å². The smallest absolute Gasteiger partial charge is 0.170 e. The zero-order chi connectivity index (χ0) is 15.1. The summed E-state index contributed by atoms with van der Waals surface area (Å²) in [5.41, 5.74) is 0.960. The molecule has 3 nitrogen and oxygen atoms in total. The average molecular weight is 326 g/mol. The van der Waals surface area contributed by atoms with Gasteiger partial charge in [-0.25, -0.2) is 0 Å². The number of benzene rings is 1. The Labute approximate surface area is 138 Å². The summed E-state index contributed by atoms with van der Waals surface area (Å²) in [4.78, 5) is 2.56. The Hall–Kier alpha value is -0.840. The number of hydrogen-bond acceptors (Lipinski definition) is 2. The first-order chi connectivity index (χ1) is 10.1. The Morgan fingerprint density at radius 2 is 2.14 bits per heavy atom. The van der Waals surface area contributed by atoms with Gasteiger partial charge in [0.25, 0.3) is 0 Å². The van der Waals surface area contributed by atoms with Gasteiger partial charge in [-0.1, -0.05) is 18.5 Å². The second-order valence-corrected chi connectivity index (χ2v) is 6.63.